The summed E-state index contributed by atoms with van der Waals surface area (Å²) >= 11 is 1.39. The number of aromatic nitrogens is 3. The first-order valence-corrected chi connectivity index (χ1v) is 11.1. The number of rotatable bonds is 7. The van der Waals surface area contributed by atoms with Crippen LogP contribution in [0.25, 0.3) is 5.69 Å². The molecule has 0 radical (unpaired) electrons. The fraction of sp³-hybridized carbons (Fsp3) is 0.348. The third-order valence-electron chi connectivity index (χ3n) is 5.08. The number of thioether (sulfide) groups is 1. The van der Waals surface area contributed by atoms with Crippen molar-refractivity contribution in [3.8, 4) is 5.69 Å². The molecule has 0 spiro atoms. The van der Waals surface area contributed by atoms with E-state index in [2.05, 4.69) is 30.3 Å². The van der Waals surface area contributed by atoms with Crippen LogP contribution in [0.15, 0.2) is 53.7 Å². The predicted molar refractivity (Wildman–Crippen MR) is 118 cm³/mol. The number of aryl methyl sites for hydroxylation is 1. The molecule has 0 atom stereocenters. The fourth-order valence-electron chi connectivity index (χ4n) is 3.38. The smallest absolute Gasteiger partial charge is 0.234 e. The van der Waals surface area contributed by atoms with Gasteiger partial charge in [-0.3, -0.25) is 4.79 Å². The van der Waals surface area contributed by atoms with E-state index < -0.39 is 0 Å². The quantitative estimate of drug-likeness (QED) is 0.540. The molecule has 2 aromatic carbocycles. The Labute approximate surface area is 175 Å². The van der Waals surface area contributed by atoms with E-state index in [1.807, 2.05) is 54.1 Å². The second kappa shape index (κ2) is 8.41. The average molecular weight is 407 g/mol. The van der Waals surface area contributed by atoms with E-state index in [1.54, 1.807) is 0 Å². The van der Waals surface area contributed by atoms with Crippen LogP contribution in [0.2, 0.25) is 0 Å². The molecule has 0 aliphatic heterocycles. The first-order valence-electron chi connectivity index (χ1n) is 10.1. The summed E-state index contributed by atoms with van der Waals surface area (Å²) in [6, 6.07) is 16.2. The molecular weight excluding hydrogens is 380 g/mol. The summed E-state index contributed by atoms with van der Waals surface area (Å²) < 4.78 is 1.93. The molecule has 0 bridgehead atoms. The molecule has 5 nitrogen and oxygen atoms in total. The summed E-state index contributed by atoms with van der Waals surface area (Å²) in [5.74, 6) is 2.08. The minimum atomic E-state index is -0.0322. The molecular formula is C23H26N4OS. The monoisotopic (exact) mass is 406 g/mol. The normalized spacial score (nSPS) is 13.7. The summed E-state index contributed by atoms with van der Waals surface area (Å²) in [6.07, 6.45) is 2.31. The molecule has 1 aromatic heterocycles. The van der Waals surface area contributed by atoms with Crippen molar-refractivity contribution in [2.45, 2.75) is 50.6 Å². The Balaban J connectivity index is 1.47. The number of hydrogen-bond acceptors (Lipinski definition) is 4. The van der Waals surface area contributed by atoms with Crippen LogP contribution >= 0.6 is 11.8 Å². The number of para-hydroxylation sites is 2. The summed E-state index contributed by atoms with van der Waals surface area (Å²) in [7, 11) is 0. The molecule has 0 saturated heterocycles. The average Bonchev–Trinajstić information content (AvgIpc) is 3.47. The van der Waals surface area contributed by atoms with Gasteiger partial charge in [0.2, 0.25) is 11.1 Å². The Morgan fingerprint density at radius 1 is 1.17 bits per heavy atom. The Kier molecular flexibility index (Phi) is 5.72. The van der Waals surface area contributed by atoms with Gasteiger partial charge < -0.3 is 5.32 Å². The van der Waals surface area contributed by atoms with Gasteiger partial charge in [0.05, 0.1) is 11.4 Å². The minimum absolute atomic E-state index is 0.0322. The van der Waals surface area contributed by atoms with E-state index in [1.165, 1.54) is 11.8 Å². The van der Waals surface area contributed by atoms with Gasteiger partial charge in [-0.25, -0.2) is 9.67 Å². The lowest BCUT2D eigenvalue weighted by atomic mass is 9.98. The topological polar surface area (TPSA) is 59.8 Å². The van der Waals surface area contributed by atoms with Gasteiger partial charge in [0, 0.05) is 11.6 Å². The second-order valence-corrected chi connectivity index (χ2v) is 8.75. The maximum absolute atomic E-state index is 12.6. The highest BCUT2D eigenvalue weighted by atomic mass is 32.2. The summed E-state index contributed by atoms with van der Waals surface area (Å²) in [6.45, 7) is 6.30. The first kappa shape index (κ1) is 19.7. The van der Waals surface area contributed by atoms with Gasteiger partial charge in [0.25, 0.3) is 0 Å². The fourth-order valence-corrected chi connectivity index (χ4v) is 4.01. The van der Waals surface area contributed by atoms with E-state index in [0.29, 0.717) is 17.0 Å². The molecule has 1 fully saturated rings. The van der Waals surface area contributed by atoms with Crippen LogP contribution in [0, 0.1) is 6.92 Å². The number of benzene rings is 2. The molecule has 1 N–H and O–H groups in total. The molecule has 1 aliphatic carbocycles. The number of anilines is 1. The molecule has 0 unspecified atom stereocenters. The van der Waals surface area contributed by atoms with Crippen LogP contribution in [0.5, 0.6) is 0 Å². The van der Waals surface area contributed by atoms with Gasteiger partial charge in [-0.05, 0) is 48.9 Å². The van der Waals surface area contributed by atoms with Gasteiger partial charge >= 0.3 is 0 Å². The maximum atomic E-state index is 12.6. The Bertz CT molecular complexity index is 1010. The van der Waals surface area contributed by atoms with Crippen molar-refractivity contribution in [1.29, 1.82) is 0 Å². The van der Waals surface area contributed by atoms with Crippen LogP contribution in [-0.4, -0.2) is 26.4 Å². The van der Waals surface area contributed by atoms with Gasteiger partial charge in [-0.1, -0.05) is 62.0 Å². The molecule has 1 saturated carbocycles. The van der Waals surface area contributed by atoms with Gasteiger partial charge in [-0.15, -0.1) is 5.10 Å². The van der Waals surface area contributed by atoms with Crippen molar-refractivity contribution in [2.75, 3.05) is 11.1 Å². The van der Waals surface area contributed by atoms with Gasteiger partial charge in [-0.2, -0.15) is 0 Å². The third kappa shape index (κ3) is 4.53. The third-order valence-corrected chi connectivity index (χ3v) is 5.92. The van der Waals surface area contributed by atoms with Crippen molar-refractivity contribution in [2.24, 2.45) is 0 Å². The zero-order valence-electron chi connectivity index (χ0n) is 17.1. The lowest BCUT2D eigenvalue weighted by molar-refractivity contribution is -0.113. The zero-order chi connectivity index (χ0) is 20.4. The number of nitrogens with one attached hydrogen (secondary N) is 1. The van der Waals surface area contributed by atoms with E-state index in [4.69, 9.17) is 4.98 Å². The highest BCUT2D eigenvalue weighted by molar-refractivity contribution is 7.99. The minimum Gasteiger partial charge on any atom is -0.325 e. The Morgan fingerprint density at radius 3 is 2.62 bits per heavy atom. The molecule has 29 heavy (non-hydrogen) atoms. The van der Waals surface area contributed by atoms with Crippen LogP contribution in [0.3, 0.4) is 0 Å². The van der Waals surface area contributed by atoms with Crippen molar-refractivity contribution in [3.63, 3.8) is 0 Å². The lowest BCUT2D eigenvalue weighted by Crippen LogP contribution is -2.16. The number of carbonyl (C=O) groups is 1. The van der Waals surface area contributed by atoms with Crippen molar-refractivity contribution in [3.05, 3.63) is 65.5 Å². The van der Waals surface area contributed by atoms with Crippen LogP contribution in [-0.2, 0) is 4.79 Å². The van der Waals surface area contributed by atoms with E-state index in [-0.39, 0.29) is 11.7 Å². The van der Waals surface area contributed by atoms with E-state index in [0.717, 1.165) is 41.2 Å². The standard InChI is InChI=1S/C23H26N4OS/c1-15(2)19-11-7-8-16(3)21(19)24-20(28)14-29-23-25-22(17-12-13-17)27(26-23)18-9-5-4-6-10-18/h4-11,15,17H,12-14H2,1-3H3,(H,24,28). The van der Waals surface area contributed by atoms with Gasteiger partial charge in [0.1, 0.15) is 5.82 Å². The molecule has 1 heterocycles. The number of carbonyl (C=O) groups excluding carboxylic acids is 1. The highest BCUT2D eigenvalue weighted by Gasteiger charge is 2.30. The van der Waals surface area contributed by atoms with Gasteiger partial charge in [0.15, 0.2) is 0 Å². The number of hydrogen-bond donors (Lipinski definition) is 1. The van der Waals surface area contributed by atoms with Crippen molar-refractivity contribution in [1.82, 2.24) is 14.8 Å². The Morgan fingerprint density at radius 2 is 1.93 bits per heavy atom. The molecule has 1 amide bonds. The highest BCUT2D eigenvalue weighted by Crippen LogP contribution is 2.40. The summed E-state index contributed by atoms with van der Waals surface area (Å²) in [5, 5.41) is 8.42. The molecule has 150 valence electrons. The Hall–Kier alpha value is -2.60. The molecule has 1 aliphatic rings. The van der Waals surface area contributed by atoms with Crippen LogP contribution in [0.1, 0.15) is 55.5 Å². The first-order chi connectivity index (χ1) is 14.0. The van der Waals surface area contributed by atoms with Crippen molar-refractivity contribution >= 4 is 23.4 Å². The maximum Gasteiger partial charge on any atom is 0.234 e. The molecule has 4 rings (SSSR count). The van der Waals surface area contributed by atoms with Crippen LogP contribution in [0.4, 0.5) is 5.69 Å². The van der Waals surface area contributed by atoms with E-state index >= 15 is 0 Å². The van der Waals surface area contributed by atoms with Crippen molar-refractivity contribution < 1.29 is 4.79 Å². The second-order valence-electron chi connectivity index (χ2n) is 7.80. The predicted octanol–water partition coefficient (Wildman–Crippen LogP) is 5.31. The SMILES string of the molecule is Cc1cccc(C(C)C)c1NC(=O)CSc1nc(C2CC2)n(-c2ccccc2)n1. The molecule has 6 heteroatoms. The van der Waals surface area contributed by atoms with Crippen LogP contribution < -0.4 is 5.32 Å². The largest absolute Gasteiger partial charge is 0.325 e. The lowest BCUT2D eigenvalue weighted by Gasteiger charge is -2.16. The zero-order valence-corrected chi connectivity index (χ0v) is 17.9. The number of amides is 1. The number of nitrogens with zero attached hydrogens (tertiary/aromatic N) is 3. The molecule has 3 aromatic rings. The van der Waals surface area contributed by atoms with E-state index in [9.17, 15) is 4.79 Å². The summed E-state index contributed by atoms with van der Waals surface area (Å²) in [4.78, 5) is 17.4. The summed E-state index contributed by atoms with van der Waals surface area (Å²) in [5.41, 5.74) is 4.18.